The summed E-state index contributed by atoms with van der Waals surface area (Å²) in [5.41, 5.74) is 0.0766. The van der Waals surface area contributed by atoms with Gasteiger partial charge in [0.05, 0.1) is 17.8 Å². The van der Waals surface area contributed by atoms with E-state index in [-0.39, 0.29) is 17.8 Å². The van der Waals surface area contributed by atoms with Crippen molar-refractivity contribution < 1.29 is 14.6 Å². The molecule has 0 bridgehead atoms. The Kier molecular flexibility index (Phi) is 3.67. The first kappa shape index (κ1) is 12.3. The first-order valence-corrected chi connectivity index (χ1v) is 7.96. The van der Waals surface area contributed by atoms with Gasteiger partial charge in [-0.15, -0.1) is 0 Å². The first-order chi connectivity index (χ1) is 8.29. The second-order valence-electron chi connectivity index (χ2n) is 5.63. The quantitative estimate of drug-likeness (QED) is 0.820. The number of thioether (sulfide) groups is 1. The van der Waals surface area contributed by atoms with Crippen LogP contribution >= 0.6 is 11.8 Å². The molecule has 3 aliphatic heterocycles. The second kappa shape index (κ2) is 5.08. The third kappa shape index (κ3) is 2.50. The van der Waals surface area contributed by atoms with Crippen molar-refractivity contribution >= 4 is 11.8 Å². The number of aliphatic hydroxyl groups excluding tert-OH is 1. The van der Waals surface area contributed by atoms with Gasteiger partial charge in [0.1, 0.15) is 0 Å². The Morgan fingerprint density at radius 3 is 2.94 bits per heavy atom. The summed E-state index contributed by atoms with van der Waals surface area (Å²) in [6.45, 7) is 1.64. The highest BCUT2D eigenvalue weighted by Gasteiger charge is 2.44. The predicted octanol–water partition coefficient (Wildman–Crippen LogP) is 1.83. The first-order valence-electron chi connectivity index (χ1n) is 6.80. The molecule has 98 valence electrons. The largest absolute Gasteiger partial charge is 0.390 e. The maximum atomic E-state index is 10.4. The summed E-state index contributed by atoms with van der Waals surface area (Å²) < 4.78 is 11.6. The van der Waals surface area contributed by atoms with E-state index in [1.54, 1.807) is 0 Å². The molecule has 1 spiro atoms. The lowest BCUT2D eigenvalue weighted by molar-refractivity contribution is -0.121. The van der Waals surface area contributed by atoms with Crippen LogP contribution in [0.3, 0.4) is 0 Å². The van der Waals surface area contributed by atoms with Crippen LogP contribution in [0.2, 0.25) is 0 Å². The molecule has 0 saturated carbocycles. The summed E-state index contributed by atoms with van der Waals surface area (Å²) in [6, 6.07) is 0. The van der Waals surface area contributed by atoms with Crippen LogP contribution in [0.5, 0.6) is 0 Å². The summed E-state index contributed by atoms with van der Waals surface area (Å²) in [5, 5.41) is 10.4. The number of aliphatic hydroxyl groups is 1. The molecule has 4 atom stereocenters. The predicted molar refractivity (Wildman–Crippen MR) is 68.3 cm³/mol. The van der Waals surface area contributed by atoms with E-state index in [0.717, 1.165) is 51.1 Å². The Labute approximate surface area is 107 Å². The summed E-state index contributed by atoms with van der Waals surface area (Å²) in [5.74, 6) is 2.70. The van der Waals surface area contributed by atoms with Crippen LogP contribution in [0.1, 0.15) is 32.1 Å². The van der Waals surface area contributed by atoms with Crippen molar-refractivity contribution in [2.45, 2.75) is 49.9 Å². The molecule has 1 N–H and O–H groups in total. The molecule has 3 fully saturated rings. The Hall–Kier alpha value is 0.230. The van der Waals surface area contributed by atoms with Crippen LogP contribution in [0.25, 0.3) is 0 Å². The van der Waals surface area contributed by atoms with Crippen molar-refractivity contribution in [2.24, 2.45) is 5.92 Å². The summed E-state index contributed by atoms with van der Waals surface area (Å²) >= 11 is 1.99. The zero-order valence-electron chi connectivity index (χ0n) is 10.3. The fraction of sp³-hybridized carbons (Fsp3) is 1.00. The van der Waals surface area contributed by atoms with Gasteiger partial charge in [-0.2, -0.15) is 11.8 Å². The Bertz CT molecular complexity index is 259. The highest BCUT2D eigenvalue weighted by atomic mass is 32.2. The van der Waals surface area contributed by atoms with E-state index in [9.17, 15) is 5.11 Å². The van der Waals surface area contributed by atoms with E-state index in [1.165, 1.54) is 5.75 Å². The van der Waals surface area contributed by atoms with E-state index >= 15 is 0 Å². The van der Waals surface area contributed by atoms with Crippen LogP contribution in [-0.2, 0) is 9.47 Å². The van der Waals surface area contributed by atoms with Gasteiger partial charge in [-0.05, 0) is 43.8 Å². The highest BCUT2D eigenvalue weighted by Crippen LogP contribution is 2.42. The van der Waals surface area contributed by atoms with Crippen LogP contribution in [0.4, 0.5) is 0 Å². The summed E-state index contributed by atoms with van der Waals surface area (Å²) in [4.78, 5) is 0. The lowest BCUT2D eigenvalue weighted by Crippen LogP contribution is -2.45. The number of hydrogen-bond donors (Lipinski definition) is 1. The summed E-state index contributed by atoms with van der Waals surface area (Å²) in [6.07, 6.45) is 5.13. The van der Waals surface area contributed by atoms with Crippen molar-refractivity contribution in [3.63, 3.8) is 0 Å². The van der Waals surface area contributed by atoms with Gasteiger partial charge in [0.25, 0.3) is 0 Å². The molecule has 3 saturated heterocycles. The van der Waals surface area contributed by atoms with Crippen molar-refractivity contribution in [2.75, 3.05) is 24.7 Å². The Morgan fingerprint density at radius 2 is 2.24 bits per heavy atom. The average Bonchev–Trinajstić information content (AvgIpc) is 3.00. The van der Waals surface area contributed by atoms with E-state index in [4.69, 9.17) is 9.47 Å². The molecule has 3 nitrogen and oxygen atoms in total. The minimum absolute atomic E-state index is 0.0766. The van der Waals surface area contributed by atoms with Gasteiger partial charge in [0.15, 0.2) is 0 Å². The van der Waals surface area contributed by atoms with Crippen LogP contribution in [-0.4, -0.2) is 47.6 Å². The summed E-state index contributed by atoms with van der Waals surface area (Å²) in [7, 11) is 0. The van der Waals surface area contributed by atoms with E-state index in [1.807, 2.05) is 11.8 Å². The van der Waals surface area contributed by atoms with Crippen molar-refractivity contribution in [3.05, 3.63) is 0 Å². The number of rotatable bonds is 2. The lowest BCUT2D eigenvalue weighted by Gasteiger charge is -2.40. The van der Waals surface area contributed by atoms with E-state index in [2.05, 4.69) is 0 Å². The zero-order chi connectivity index (χ0) is 11.7. The van der Waals surface area contributed by atoms with Gasteiger partial charge in [-0.1, -0.05) is 0 Å². The monoisotopic (exact) mass is 258 g/mol. The molecule has 0 aromatic carbocycles. The van der Waals surface area contributed by atoms with Gasteiger partial charge < -0.3 is 14.6 Å². The molecule has 3 aliphatic rings. The van der Waals surface area contributed by atoms with Gasteiger partial charge in [-0.25, -0.2) is 0 Å². The number of hydrogen-bond acceptors (Lipinski definition) is 4. The molecule has 4 unspecified atom stereocenters. The third-order valence-electron chi connectivity index (χ3n) is 4.43. The molecule has 3 rings (SSSR count). The van der Waals surface area contributed by atoms with Crippen molar-refractivity contribution in [1.82, 2.24) is 0 Å². The van der Waals surface area contributed by atoms with Crippen LogP contribution in [0.15, 0.2) is 0 Å². The Morgan fingerprint density at radius 1 is 1.29 bits per heavy atom. The van der Waals surface area contributed by atoms with Gasteiger partial charge in [0, 0.05) is 19.0 Å². The molecule has 0 amide bonds. The molecular weight excluding hydrogens is 236 g/mol. The van der Waals surface area contributed by atoms with Gasteiger partial charge in [0.2, 0.25) is 0 Å². The standard InChI is InChI=1S/C13H22O3S/c14-12(11-2-1-5-15-11)10-3-6-16-13(8-10)4-7-17-9-13/h10-12,14H,1-9H2. The fourth-order valence-electron chi connectivity index (χ4n) is 3.40. The zero-order valence-corrected chi connectivity index (χ0v) is 11.1. The van der Waals surface area contributed by atoms with Crippen molar-refractivity contribution in [1.29, 1.82) is 0 Å². The molecule has 0 aliphatic carbocycles. The second-order valence-corrected chi connectivity index (χ2v) is 6.73. The molecule has 3 heterocycles. The van der Waals surface area contributed by atoms with Crippen LogP contribution < -0.4 is 0 Å². The van der Waals surface area contributed by atoms with Gasteiger partial charge >= 0.3 is 0 Å². The lowest BCUT2D eigenvalue weighted by atomic mass is 9.80. The van der Waals surface area contributed by atoms with E-state index < -0.39 is 0 Å². The van der Waals surface area contributed by atoms with E-state index in [0.29, 0.717) is 5.92 Å². The SMILES string of the molecule is OC(C1CCOC2(CCSC2)C1)C1CCCO1. The third-order valence-corrected chi connectivity index (χ3v) is 5.65. The van der Waals surface area contributed by atoms with Crippen LogP contribution in [0, 0.1) is 5.92 Å². The average molecular weight is 258 g/mol. The molecule has 4 heteroatoms. The molecule has 0 aromatic rings. The normalized spacial score (nSPS) is 44.3. The maximum Gasteiger partial charge on any atom is 0.0837 e. The van der Waals surface area contributed by atoms with Crippen molar-refractivity contribution in [3.8, 4) is 0 Å². The topological polar surface area (TPSA) is 38.7 Å². The maximum absolute atomic E-state index is 10.4. The number of ether oxygens (including phenoxy) is 2. The minimum atomic E-state index is -0.274. The highest BCUT2D eigenvalue weighted by molar-refractivity contribution is 7.99. The van der Waals surface area contributed by atoms with Gasteiger partial charge in [-0.3, -0.25) is 0 Å². The fourth-order valence-corrected chi connectivity index (χ4v) is 4.77. The Balaban J connectivity index is 1.62. The molecule has 17 heavy (non-hydrogen) atoms. The smallest absolute Gasteiger partial charge is 0.0837 e. The minimum Gasteiger partial charge on any atom is -0.390 e. The molecule has 0 radical (unpaired) electrons. The molecule has 0 aromatic heterocycles. The molecular formula is C13H22O3S.